The molecule has 1 aromatic rings. The maximum absolute atomic E-state index is 12.5. The third-order valence-electron chi connectivity index (χ3n) is 1.66. The van der Waals surface area contributed by atoms with E-state index in [1.807, 2.05) is 0 Å². The molecule has 6 heteroatoms. The van der Waals surface area contributed by atoms with E-state index in [1.165, 1.54) is 13.1 Å². The van der Waals surface area contributed by atoms with Crippen LogP contribution in [-0.2, 0) is 0 Å². The maximum Gasteiger partial charge on any atom is 0.271 e. The highest BCUT2D eigenvalue weighted by Crippen LogP contribution is 2.29. The van der Waals surface area contributed by atoms with Crippen molar-refractivity contribution in [2.75, 3.05) is 0 Å². The summed E-state index contributed by atoms with van der Waals surface area (Å²) in [6.45, 7) is 1.51. The van der Waals surface area contributed by atoms with Crippen LogP contribution in [0.5, 0.6) is 0 Å². The summed E-state index contributed by atoms with van der Waals surface area (Å²) in [5.74, 6) is 0. The van der Waals surface area contributed by atoms with Crippen molar-refractivity contribution in [2.45, 2.75) is 13.3 Å². The summed E-state index contributed by atoms with van der Waals surface area (Å²) in [6.07, 6.45) is -1.40. The number of nitrogens with zero attached hydrogens (tertiary/aromatic N) is 1. The lowest BCUT2D eigenvalue weighted by atomic mass is 10.1. The van der Waals surface area contributed by atoms with E-state index in [4.69, 9.17) is 11.6 Å². The van der Waals surface area contributed by atoms with Gasteiger partial charge in [-0.15, -0.1) is 0 Å². The van der Waals surface area contributed by atoms with E-state index in [1.54, 1.807) is 22.6 Å². The van der Waals surface area contributed by atoms with Crippen molar-refractivity contribution < 1.29 is 13.6 Å². The quantitative estimate of drug-likeness (QED) is 0.615. The predicted octanol–water partition coefficient (Wildman–Crippen LogP) is 3.31. The Kier molecular flexibility index (Phi) is 3.77. The molecule has 2 nitrogen and oxygen atoms in total. The van der Waals surface area contributed by atoms with Gasteiger partial charge < -0.3 is 0 Å². The second-order valence-electron chi connectivity index (χ2n) is 2.59. The molecule has 0 aliphatic carbocycles. The Labute approximate surface area is 97.8 Å². The lowest BCUT2D eigenvalue weighted by Crippen LogP contribution is -2.04. The monoisotopic (exact) mass is 331 g/mol. The fraction of sp³-hybridized carbons (Fsp3) is 0.250. The second kappa shape index (κ2) is 4.48. The summed E-state index contributed by atoms with van der Waals surface area (Å²) in [5.41, 5.74) is 0.0591. The van der Waals surface area contributed by atoms with Gasteiger partial charge >= 0.3 is 0 Å². The van der Waals surface area contributed by atoms with Crippen LogP contribution in [0.25, 0.3) is 0 Å². The third-order valence-corrected chi connectivity index (χ3v) is 2.93. The van der Waals surface area contributed by atoms with Gasteiger partial charge in [0.15, 0.2) is 0 Å². The highest BCUT2D eigenvalue weighted by molar-refractivity contribution is 14.1. The lowest BCUT2D eigenvalue weighted by Gasteiger charge is -2.08. The summed E-state index contributed by atoms with van der Waals surface area (Å²) in [4.78, 5) is 14.5. The average Bonchev–Trinajstić information content (AvgIpc) is 2.02. The number of carbonyl (C=O) groups excluding carboxylic acids is 1. The van der Waals surface area contributed by atoms with E-state index >= 15 is 0 Å². The van der Waals surface area contributed by atoms with Crippen LogP contribution in [-0.4, -0.2) is 10.2 Å². The molecule has 0 radical (unpaired) electrons. The van der Waals surface area contributed by atoms with E-state index in [0.717, 1.165) is 0 Å². The molecule has 0 aromatic carbocycles. The summed E-state index contributed by atoms with van der Waals surface area (Å²) < 4.78 is 25.2. The number of hydrogen-bond donors (Lipinski definition) is 0. The summed E-state index contributed by atoms with van der Waals surface area (Å²) >= 11 is 6.84. The fourth-order valence-electron chi connectivity index (χ4n) is 0.993. The highest BCUT2D eigenvalue weighted by atomic mass is 127. The largest absolute Gasteiger partial charge is 0.274 e. The van der Waals surface area contributed by atoms with Crippen LogP contribution in [0.3, 0.4) is 0 Å². The number of carbonyl (C=O) groups is 1. The van der Waals surface area contributed by atoms with Crippen LogP contribution in [0.1, 0.15) is 28.0 Å². The van der Waals surface area contributed by atoms with Crippen molar-refractivity contribution in [3.63, 3.8) is 0 Å². The standard InChI is InChI=1S/C8H5ClF2INO/c1-3-2-13-6(7(9)14)5(12)4(3)8(10)11/h2,8H,1H3. The fourth-order valence-corrected chi connectivity index (χ4v) is 2.34. The first-order chi connectivity index (χ1) is 6.45. The van der Waals surface area contributed by atoms with Crippen LogP contribution in [0.15, 0.2) is 6.20 Å². The normalized spacial score (nSPS) is 10.7. The Hall–Kier alpha value is -0.300. The summed E-state index contributed by atoms with van der Waals surface area (Å²) in [5, 5.41) is -0.823. The molecule has 0 fully saturated rings. The van der Waals surface area contributed by atoms with Gasteiger partial charge in [-0.3, -0.25) is 9.78 Å². The minimum Gasteiger partial charge on any atom is -0.274 e. The van der Waals surface area contributed by atoms with Gasteiger partial charge in [-0.1, -0.05) is 0 Å². The van der Waals surface area contributed by atoms with E-state index in [0.29, 0.717) is 5.56 Å². The summed E-state index contributed by atoms with van der Waals surface area (Å²) in [6, 6.07) is 0. The van der Waals surface area contributed by atoms with Crippen LogP contribution in [0.4, 0.5) is 8.78 Å². The molecule has 0 saturated carbocycles. The Bertz CT molecular complexity index is 384. The first-order valence-corrected chi connectivity index (χ1v) is 5.03. The molecule has 0 spiro atoms. The Morgan fingerprint density at radius 2 is 2.21 bits per heavy atom. The molecule has 0 bridgehead atoms. The third kappa shape index (κ3) is 2.20. The van der Waals surface area contributed by atoms with Gasteiger partial charge in [-0.25, -0.2) is 8.78 Å². The topological polar surface area (TPSA) is 30.0 Å². The van der Waals surface area contributed by atoms with Gasteiger partial charge in [0.2, 0.25) is 0 Å². The van der Waals surface area contributed by atoms with Gasteiger partial charge in [-0.05, 0) is 46.7 Å². The number of aryl methyl sites for hydroxylation is 1. The minimum atomic E-state index is -2.63. The van der Waals surface area contributed by atoms with Gasteiger partial charge in [0, 0.05) is 11.8 Å². The van der Waals surface area contributed by atoms with Crippen molar-refractivity contribution in [1.29, 1.82) is 0 Å². The zero-order valence-electron chi connectivity index (χ0n) is 7.02. The van der Waals surface area contributed by atoms with Crippen LogP contribution in [0, 0.1) is 10.5 Å². The molecule has 0 aliphatic rings. The number of pyridine rings is 1. The van der Waals surface area contributed by atoms with E-state index in [2.05, 4.69) is 4.98 Å². The molecule has 76 valence electrons. The molecule has 0 unspecified atom stereocenters. The van der Waals surface area contributed by atoms with Crippen molar-refractivity contribution in [1.82, 2.24) is 4.98 Å². The molecular formula is C8H5ClF2INO. The first-order valence-electron chi connectivity index (χ1n) is 3.58. The smallest absolute Gasteiger partial charge is 0.271 e. The Morgan fingerprint density at radius 3 is 2.64 bits per heavy atom. The van der Waals surface area contributed by atoms with Gasteiger partial charge in [-0.2, -0.15) is 0 Å². The van der Waals surface area contributed by atoms with Gasteiger partial charge in [0.05, 0.1) is 3.57 Å². The molecule has 14 heavy (non-hydrogen) atoms. The number of alkyl halides is 2. The van der Waals surface area contributed by atoms with Gasteiger partial charge in [0.1, 0.15) is 5.69 Å². The lowest BCUT2D eigenvalue weighted by molar-refractivity contribution is 0.107. The molecule has 1 rings (SSSR count). The average molecular weight is 331 g/mol. The van der Waals surface area contributed by atoms with Crippen LogP contribution >= 0.6 is 34.2 Å². The maximum atomic E-state index is 12.5. The predicted molar refractivity (Wildman–Crippen MR) is 56.8 cm³/mol. The van der Waals surface area contributed by atoms with E-state index in [9.17, 15) is 13.6 Å². The molecular weight excluding hydrogens is 326 g/mol. The number of aromatic nitrogens is 1. The van der Waals surface area contributed by atoms with E-state index in [-0.39, 0.29) is 14.8 Å². The Morgan fingerprint density at radius 1 is 1.64 bits per heavy atom. The zero-order chi connectivity index (χ0) is 10.9. The molecule has 0 aliphatic heterocycles. The van der Waals surface area contributed by atoms with Crippen molar-refractivity contribution in [3.05, 3.63) is 26.6 Å². The molecule has 1 aromatic heterocycles. The molecule has 0 amide bonds. The molecule has 0 N–H and O–H groups in total. The molecule has 0 saturated heterocycles. The molecule has 1 heterocycles. The summed E-state index contributed by atoms with van der Waals surface area (Å²) in [7, 11) is 0. The van der Waals surface area contributed by atoms with Gasteiger partial charge in [0.25, 0.3) is 11.7 Å². The van der Waals surface area contributed by atoms with Crippen molar-refractivity contribution >= 4 is 39.4 Å². The van der Waals surface area contributed by atoms with Crippen molar-refractivity contribution in [3.8, 4) is 0 Å². The van der Waals surface area contributed by atoms with Crippen molar-refractivity contribution in [2.24, 2.45) is 0 Å². The number of hydrogen-bond acceptors (Lipinski definition) is 2. The SMILES string of the molecule is Cc1cnc(C(=O)Cl)c(I)c1C(F)F. The highest BCUT2D eigenvalue weighted by Gasteiger charge is 2.20. The van der Waals surface area contributed by atoms with E-state index < -0.39 is 11.7 Å². The molecule has 0 atom stereocenters. The zero-order valence-corrected chi connectivity index (χ0v) is 9.94. The van der Waals surface area contributed by atoms with Crippen LogP contribution < -0.4 is 0 Å². The second-order valence-corrected chi connectivity index (χ2v) is 4.01. The Balaban J connectivity index is 3.41. The van der Waals surface area contributed by atoms with Crippen LogP contribution in [0.2, 0.25) is 0 Å². The first kappa shape index (κ1) is 11.8. The number of rotatable bonds is 2. The number of halogens is 4. The minimum absolute atomic E-state index is 0.117.